The van der Waals surface area contributed by atoms with E-state index in [1.54, 1.807) is 11.9 Å². The van der Waals surface area contributed by atoms with Crippen molar-refractivity contribution < 1.29 is 23.9 Å². The second-order valence-corrected chi connectivity index (χ2v) is 2.89. The van der Waals surface area contributed by atoms with Gasteiger partial charge in [-0.15, -0.1) is 0 Å². The number of cyclic esters (lactones) is 2. The lowest BCUT2D eigenvalue weighted by molar-refractivity contribution is -0.150. The van der Waals surface area contributed by atoms with Gasteiger partial charge in [0.15, 0.2) is 0 Å². The van der Waals surface area contributed by atoms with Gasteiger partial charge in [0.2, 0.25) is 0 Å². The van der Waals surface area contributed by atoms with E-state index in [-0.39, 0.29) is 5.97 Å². The highest BCUT2D eigenvalue weighted by molar-refractivity contribution is 9.11. The maximum atomic E-state index is 10.1. The average molecular weight is 305 g/mol. The number of hydrogen-bond donors (Lipinski definition) is 0. The summed E-state index contributed by atoms with van der Waals surface area (Å²) in [4.78, 5) is 31.5. The minimum Gasteiger partial charge on any atom is -0.435 e. The first-order chi connectivity index (χ1) is 8.01. The van der Waals surface area contributed by atoms with Gasteiger partial charge in [0.25, 0.3) is 0 Å². The zero-order valence-corrected chi connectivity index (χ0v) is 10.9. The highest BCUT2D eigenvalue weighted by Crippen LogP contribution is 1.92. The number of hydrogen-bond acceptors (Lipinski definition) is 5. The molecule has 1 aliphatic rings. The predicted octanol–water partition coefficient (Wildman–Crippen LogP) is 2.23. The van der Waals surface area contributed by atoms with Crippen LogP contribution in [0.3, 0.4) is 0 Å². The van der Waals surface area contributed by atoms with E-state index in [4.69, 9.17) is 0 Å². The molecular formula is C11H13BrO5. The van der Waals surface area contributed by atoms with E-state index >= 15 is 0 Å². The minimum atomic E-state index is -0.579. The lowest BCUT2D eigenvalue weighted by atomic mass is 10.5. The number of halogens is 1. The zero-order chi connectivity index (χ0) is 13.7. The molecule has 0 unspecified atom stereocenters. The SMILES string of the molecule is C=CBr.C=COC(=O)CC.O=C1C=CC(=O)O1. The summed E-state index contributed by atoms with van der Waals surface area (Å²) in [6.45, 7) is 8.21. The lowest BCUT2D eigenvalue weighted by Crippen LogP contribution is -1.96. The van der Waals surface area contributed by atoms with Crippen molar-refractivity contribution in [2.75, 3.05) is 0 Å². The van der Waals surface area contributed by atoms with E-state index in [1.807, 2.05) is 0 Å². The number of carbonyl (C=O) groups is 3. The Morgan fingerprint density at radius 3 is 1.94 bits per heavy atom. The van der Waals surface area contributed by atoms with Crippen LogP contribution in [0.4, 0.5) is 0 Å². The van der Waals surface area contributed by atoms with E-state index in [9.17, 15) is 14.4 Å². The molecule has 5 nitrogen and oxygen atoms in total. The smallest absolute Gasteiger partial charge is 0.338 e. The number of ether oxygens (including phenoxy) is 2. The summed E-state index contributed by atoms with van der Waals surface area (Å²) in [5, 5.41) is 0. The Morgan fingerprint density at radius 2 is 1.82 bits per heavy atom. The quantitative estimate of drug-likeness (QED) is 0.444. The molecule has 0 N–H and O–H groups in total. The summed E-state index contributed by atoms with van der Waals surface area (Å²) in [6.07, 6.45) is 3.71. The maximum absolute atomic E-state index is 10.1. The van der Waals surface area contributed by atoms with Crippen LogP contribution < -0.4 is 0 Å². The molecule has 6 heteroatoms. The molecule has 1 heterocycles. The van der Waals surface area contributed by atoms with Crippen LogP contribution in [0.15, 0.2) is 36.6 Å². The molecule has 0 saturated heterocycles. The van der Waals surface area contributed by atoms with Crippen LogP contribution in [0, 0.1) is 0 Å². The molecule has 17 heavy (non-hydrogen) atoms. The van der Waals surface area contributed by atoms with Crippen molar-refractivity contribution in [2.24, 2.45) is 0 Å². The van der Waals surface area contributed by atoms with Crippen LogP contribution in [-0.4, -0.2) is 17.9 Å². The van der Waals surface area contributed by atoms with Gasteiger partial charge < -0.3 is 9.47 Å². The molecule has 0 bridgehead atoms. The molecule has 0 fully saturated rings. The first-order valence-electron chi connectivity index (χ1n) is 4.47. The summed E-state index contributed by atoms with van der Waals surface area (Å²) < 4.78 is 8.29. The molecule has 1 aliphatic heterocycles. The Kier molecular flexibility index (Phi) is 12.9. The molecule has 0 spiro atoms. The Balaban J connectivity index is 0. The molecule has 94 valence electrons. The Bertz CT molecular complexity index is 304. The fraction of sp³-hybridized carbons (Fsp3) is 0.182. The normalized spacial score (nSPS) is 11.2. The van der Waals surface area contributed by atoms with Crippen LogP contribution in [0.25, 0.3) is 0 Å². The monoisotopic (exact) mass is 304 g/mol. The molecular weight excluding hydrogens is 292 g/mol. The Hall–Kier alpha value is -1.69. The summed E-state index contributed by atoms with van der Waals surface area (Å²) in [7, 11) is 0. The van der Waals surface area contributed by atoms with E-state index in [0.29, 0.717) is 6.42 Å². The summed E-state index contributed by atoms with van der Waals surface area (Å²) >= 11 is 2.91. The molecule has 0 saturated carbocycles. The molecule has 0 aromatic carbocycles. The van der Waals surface area contributed by atoms with Crippen LogP contribution in [0.1, 0.15) is 13.3 Å². The van der Waals surface area contributed by atoms with Crippen molar-refractivity contribution in [1.82, 2.24) is 0 Å². The summed E-state index contributed by atoms with van der Waals surface area (Å²) in [5.41, 5.74) is 0. The standard InChI is InChI=1S/C5H8O2.C4H2O3.C2H3Br/c1-3-5(6)7-4-2;5-3-1-2-4(6)7-3;1-2-3/h4H,2-3H2,1H3;1-2H;2H,1H2. The molecule has 0 radical (unpaired) electrons. The predicted molar refractivity (Wildman–Crippen MR) is 65.9 cm³/mol. The van der Waals surface area contributed by atoms with Gasteiger partial charge in [-0.3, -0.25) is 4.79 Å². The van der Waals surface area contributed by atoms with E-state index in [0.717, 1.165) is 18.4 Å². The average Bonchev–Trinajstić information content (AvgIpc) is 2.65. The minimum absolute atomic E-state index is 0.241. The van der Waals surface area contributed by atoms with Crippen LogP contribution in [0.2, 0.25) is 0 Å². The second kappa shape index (κ2) is 12.4. The Labute approximate surface area is 108 Å². The van der Waals surface area contributed by atoms with Gasteiger partial charge in [-0.25, -0.2) is 9.59 Å². The van der Waals surface area contributed by atoms with Gasteiger partial charge in [-0.05, 0) is 4.99 Å². The van der Waals surface area contributed by atoms with Crippen molar-refractivity contribution in [3.63, 3.8) is 0 Å². The molecule has 1 rings (SSSR count). The second-order valence-electron chi connectivity index (χ2n) is 2.24. The number of esters is 3. The van der Waals surface area contributed by atoms with Crippen LogP contribution in [-0.2, 0) is 23.9 Å². The van der Waals surface area contributed by atoms with Crippen molar-refractivity contribution in [1.29, 1.82) is 0 Å². The van der Waals surface area contributed by atoms with Gasteiger partial charge in [0.05, 0.1) is 6.26 Å². The largest absolute Gasteiger partial charge is 0.435 e. The fourth-order valence-electron chi connectivity index (χ4n) is 0.480. The lowest BCUT2D eigenvalue weighted by Gasteiger charge is -1.88. The molecule has 0 atom stereocenters. The third-order valence-corrected chi connectivity index (χ3v) is 1.06. The van der Waals surface area contributed by atoms with E-state index in [1.165, 1.54) is 0 Å². The third kappa shape index (κ3) is 14.3. The first-order valence-corrected chi connectivity index (χ1v) is 5.38. The van der Waals surface area contributed by atoms with Gasteiger partial charge in [0.1, 0.15) is 0 Å². The molecule has 0 aromatic heterocycles. The van der Waals surface area contributed by atoms with Gasteiger partial charge >= 0.3 is 17.9 Å². The maximum Gasteiger partial charge on any atom is 0.338 e. The number of rotatable bonds is 2. The van der Waals surface area contributed by atoms with Gasteiger partial charge in [0, 0.05) is 18.6 Å². The highest BCUT2D eigenvalue weighted by Gasteiger charge is 2.10. The van der Waals surface area contributed by atoms with Crippen LogP contribution in [0.5, 0.6) is 0 Å². The van der Waals surface area contributed by atoms with Crippen LogP contribution >= 0.6 is 15.9 Å². The first kappa shape index (κ1) is 17.7. The van der Waals surface area contributed by atoms with E-state index < -0.39 is 11.9 Å². The van der Waals surface area contributed by atoms with E-state index in [2.05, 4.69) is 38.6 Å². The summed E-state index contributed by atoms with van der Waals surface area (Å²) in [5.74, 6) is -1.40. The van der Waals surface area contributed by atoms with Crippen molar-refractivity contribution in [3.8, 4) is 0 Å². The van der Waals surface area contributed by atoms with Gasteiger partial charge in [-0.1, -0.05) is 36.0 Å². The van der Waals surface area contributed by atoms with Crippen molar-refractivity contribution >= 4 is 33.8 Å². The highest BCUT2D eigenvalue weighted by atomic mass is 79.9. The molecule has 0 aromatic rings. The topological polar surface area (TPSA) is 69.7 Å². The van der Waals surface area contributed by atoms with Crippen molar-refractivity contribution in [3.05, 3.63) is 36.6 Å². The molecule has 0 aliphatic carbocycles. The number of carbonyl (C=O) groups excluding carboxylic acids is 3. The third-order valence-electron chi connectivity index (χ3n) is 1.06. The fourth-order valence-corrected chi connectivity index (χ4v) is 0.480. The van der Waals surface area contributed by atoms with Crippen molar-refractivity contribution in [2.45, 2.75) is 13.3 Å². The van der Waals surface area contributed by atoms with Gasteiger partial charge in [-0.2, -0.15) is 0 Å². The molecule has 0 amide bonds. The Morgan fingerprint density at radius 1 is 1.41 bits per heavy atom. The zero-order valence-electron chi connectivity index (χ0n) is 9.35. The summed E-state index contributed by atoms with van der Waals surface area (Å²) in [6, 6.07) is 0.